The number of ether oxygens (including phenoxy) is 1. The van der Waals surface area contributed by atoms with Gasteiger partial charge in [0.1, 0.15) is 29.8 Å². The number of rotatable bonds is 6. The van der Waals surface area contributed by atoms with Crippen LogP contribution in [0.1, 0.15) is 11.9 Å². The van der Waals surface area contributed by atoms with E-state index in [0.717, 1.165) is 27.5 Å². The highest BCUT2D eigenvalue weighted by molar-refractivity contribution is 7.46. The fourth-order valence-corrected chi connectivity index (χ4v) is 3.71. The minimum atomic E-state index is -4.86. The van der Waals surface area contributed by atoms with Crippen LogP contribution in [0.15, 0.2) is 44.6 Å². The van der Waals surface area contributed by atoms with Crippen molar-refractivity contribution in [1.29, 1.82) is 0 Å². The summed E-state index contributed by atoms with van der Waals surface area (Å²) in [6.45, 7) is -1.10. The first-order valence-electron chi connectivity index (χ1n) is 9.12. The molecule has 0 aliphatic carbocycles. The molecule has 0 amide bonds. The minimum absolute atomic E-state index is 0.120. The summed E-state index contributed by atoms with van der Waals surface area (Å²) in [7, 11) is -4.86. The van der Waals surface area contributed by atoms with E-state index in [9.17, 15) is 28.8 Å². The van der Waals surface area contributed by atoms with E-state index >= 15 is 0 Å². The second kappa shape index (κ2) is 8.33. The van der Waals surface area contributed by atoms with E-state index in [1.54, 1.807) is 0 Å². The number of aliphatic hydroxyl groups excluding tert-OH is 2. The third-order valence-corrected chi connectivity index (χ3v) is 5.42. The summed E-state index contributed by atoms with van der Waals surface area (Å²) in [4.78, 5) is 42.9. The van der Waals surface area contributed by atoms with Crippen LogP contribution < -0.4 is 11.2 Å². The van der Waals surface area contributed by atoms with Crippen molar-refractivity contribution < 1.29 is 42.7 Å². The van der Waals surface area contributed by atoms with E-state index in [-0.39, 0.29) is 17.8 Å². The van der Waals surface area contributed by atoms with Crippen LogP contribution in [0.3, 0.4) is 0 Å². The lowest BCUT2D eigenvalue weighted by Gasteiger charge is -2.18. The molecule has 172 valence electrons. The van der Waals surface area contributed by atoms with Crippen LogP contribution in [0.25, 0.3) is 11.0 Å². The first-order chi connectivity index (χ1) is 15.0. The van der Waals surface area contributed by atoms with Crippen molar-refractivity contribution in [2.45, 2.75) is 31.1 Å². The smallest absolute Gasteiger partial charge is 0.387 e. The molecule has 13 nitrogen and oxygen atoms in total. The predicted octanol–water partition coefficient (Wildman–Crippen LogP) is -0.933. The predicted molar refractivity (Wildman–Crippen MR) is 102 cm³/mol. The fraction of sp³-hybridized carbons (Fsp3) is 0.353. The molecule has 0 spiro atoms. The zero-order chi connectivity index (χ0) is 23.2. The average molecular weight is 473 g/mol. The second-order valence-electron chi connectivity index (χ2n) is 7.03. The molecule has 1 aromatic carbocycles. The Hall–Kier alpha value is -2.71. The molecule has 4 rings (SSSR count). The van der Waals surface area contributed by atoms with Crippen molar-refractivity contribution in [3.63, 3.8) is 0 Å². The summed E-state index contributed by atoms with van der Waals surface area (Å²) in [6, 6.07) is 4.67. The number of hydrogen-bond acceptors (Lipinski definition) is 9. The normalized spacial score (nSPS) is 23.8. The Morgan fingerprint density at radius 2 is 1.94 bits per heavy atom. The van der Waals surface area contributed by atoms with Gasteiger partial charge < -0.3 is 29.3 Å². The number of nitrogens with zero attached hydrogens (tertiary/aromatic N) is 3. The number of hydrogen-bond donors (Lipinski definition) is 4. The summed E-state index contributed by atoms with van der Waals surface area (Å²) < 4.78 is 40.5. The Kier molecular flexibility index (Phi) is 5.85. The molecule has 0 radical (unpaired) electrons. The summed E-state index contributed by atoms with van der Waals surface area (Å²) in [5, 5.41) is 24.5. The zero-order valence-electron chi connectivity index (χ0n) is 16.0. The van der Waals surface area contributed by atoms with Gasteiger partial charge in [0.25, 0.3) is 5.56 Å². The van der Waals surface area contributed by atoms with Gasteiger partial charge in [-0.2, -0.15) is 0 Å². The maximum atomic E-state index is 13.3. The number of phosphoric ester groups is 1. The molecule has 1 fully saturated rings. The topological polar surface area (TPSA) is 186 Å². The van der Waals surface area contributed by atoms with Gasteiger partial charge in [-0.15, -0.1) is 0 Å². The highest BCUT2D eigenvalue weighted by atomic mass is 31.2. The molecule has 1 aliphatic rings. The van der Waals surface area contributed by atoms with Crippen molar-refractivity contribution in [2.75, 3.05) is 6.61 Å². The van der Waals surface area contributed by atoms with Crippen molar-refractivity contribution in [2.24, 2.45) is 0 Å². The first-order valence-corrected chi connectivity index (χ1v) is 10.7. The number of phosphoric acid groups is 1. The van der Waals surface area contributed by atoms with Gasteiger partial charge in [0.05, 0.1) is 13.2 Å². The van der Waals surface area contributed by atoms with Crippen LogP contribution in [0.4, 0.5) is 4.39 Å². The maximum Gasteiger partial charge on any atom is 0.469 e. The summed E-state index contributed by atoms with van der Waals surface area (Å²) in [5.41, 5.74) is -1.34. The van der Waals surface area contributed by atoms with Crippen molar-refractivity contribution in [3.8, 4) is 0 Å². The molecule has 1 saturated heterocycles. The molecule has 15 heteroatoms. The Labute approximate surface area is 177 Å². The van der Waals surface area contributed by atoms with Crippen molar-refractivity contribution >= 4 is 18.8 Å². The largest absolute Gasteiger partial charge is 0.469 e. The number of aromatic nitrogens is 3. The van der Waals surface area contributed by atoms with Crippen molar-refractivity contribution in [3.05, 3.63) is 62.8 Å². The van der Waals surface area contributed by atoms with Crippen LogP contribution in [0.2, 0.25) is 0 Å². The van der Waals surface area contributed by atoms with Gasteiger partial charge in [-0.1, -0.05) is 5.16 Å². The van der Waals surface area contributed by atoms with Crippen LogP contribution >= 0.6 is 7.82 Å². The van der Waals surface area contributed by atoms with E-state index in [4.69, 9.17) is 19.0 Å². The number of fused-ring (bicyclic) bond motifs is 1. The van der Waals surface area contributed by atoms with E-state index in [1.165, 1.54) is 12.1 Å². The molecule has 1 aliphatic heterocycles. The molecule has 0 saturated carbocycles. The molecule has 0 bridgehead atoms. The number of aliphatic hydroxyl groups is 2. The standard InChI is InChI=1S/C17H17FN3O10P/c18-8-1-2-9-10(19-31-11(9)5-8)6-21-13(22)3-4-20(17(21)25)16-15(24)14(23)12(30-16)7-29-32(26,27)28/h1-5,12,14-16,23-24H,6-7H2,(H2,26,27,28)/t12-,14+,15?,16-/m1/s1. The lowest BCUT2D eigenvalue weighted by atomic mass is 10.1. The SMILES string of the molecule is O=c1ccn([C@@H]2O[C@H](COP(=O)(O)O)[C@H](O)C2O)c(=O)n1Cc1noc2cc(F)ccc12. The van der Waals surface area contributed by atoms with E-state index in [0.29, 0.717) is 5.39 Å². The minimum Gasteiger partial charge on any atom is -0.387 e. The van der Waals surface area contributed by atoms with Gasteiger partial charge in [-0.25, -0.2) is 13.8 Å². The lowest BCUT2D eigenvalue weighted by Crippen LogP contribution is -2.43. The zero-order valence-corrected chi connectivity index (χ0v) is 16.9. The molecule has 32 heavy (non-hydrogen) atoms. The van der Waals surface area contributed by atoms with Gasteiger partial charge in [0.15, 0.2) is 11.8 Å². The Morgan fingerprint density at radius 3 is 2.66 bits per heavy atom. The van der Waals surface area contributed by atoms with Gasteiger partial charge in [0, 0.05) is 23.7 Å². The highest BCUT2D eigenvalue weighted by Crippen LogP contribution is 2.38. The molecule has 1 unspecified atom stereocenters. The quantitative estimate of drug-likeness (QED) is 0.324. The molecule has 4 N–H and O–H groups in total. The van der Waals surface area contributed by atoms with E-state index < -0.39 is 56.0 Å². The van der Waals surface area contributed by atoms with Crippen LogP contribution in [0.5, 0.6) is 0 Å². The molecular formula is C17H17FN3O10P. The summed E-state index contributed by atoms with van der Waals surface area (Å²) in [5.74, 6) is -0.553. The fourth-order valence-electron chi connectivity index (χ4n) is 3.37. The number of benzene rings is 1. The van der Waals surface area contributed by atoms with Crippen LogP contribution in [-0.4, -0.2) is 59.2 Å². The average Bonchev–Trinajstić information content (AvgIpc) is 3.24. The van der Waals surface area contributed by atoms with Crippen molar-refractivity contribution in [1.82, 2.24) is 14.3 Å². The lowest BCUT2D eigenvalue weighted by molar-refractivity contribution is -0.0548. The second-order valence-corrected chi connectivity index (χ2v) is 8.27. The molecule has 2 aromatic heterocycles. The van der Waals surface area contributed by atoms with Crippen LogP contribution in [0, 0.1) is 5.82 Å². The Bertz CT molecular complexity index is 1310. The Balaban J connectivity index is 1.64. The Morgan fingerprint density at radius 1 is 1.19 bits per heavy atom. The van der Waals surface area contributed by atoms with Crippen LogP contribution in [-0.2, 0) is 20.4 Å². The third kappa shape index (κ3) is 4.29. The van der Waals surface area contributed by atoms with Gasteiger partial charge >= 0.3 is 13.5 Å². The molecule has 3 heterocycles. The maximum absolute atomic E-state index is 13.3. The third-order valence-electron chi connectivity index (χ3n) is 4.93. The van der Waals surface area contributed by atoms with E-state index in [2.05, 4.69) is 9.68 Å². The van der Waals surface area contributed by atoms with Gasteiger partial charge in [0.2, 0.25) is 0 Å². The molecule has 3 aromatic rings. The highest BCUT2D eigenvalue weighted by Gasteiger charge is 2.45. The number of halogens is 1. The monoisotopic (exact) mass is 473 g/mol. The van der Waals surface area contributed by atoms with Gasteiger partial charge in [-0.3, -0.25) is 18.5 Å². The molecular weight excluding hydrogens is 456 g/mol. The van der Waals surface area contributed by atoms with Gasteiger partial charge in [-0.05, 0) is 12.1 Å². The summed E-state index contributed by atoms with van der Waals surface area (Å²) >= 11 is 0. The van der Waals surface area contributed by atoms with E-state index in [1.807, 2.05) is 0 Å². The molecule has 4 atom stereocenters. The summed E-state index contributed by atoms with van der Waals surface area (Å²) in [6.07, 6.45) is -5.08. The first kappa shape index (κ1) is 22.5.